The summed E-state index contributed by atoms with van der Waals surface area (Å²) in [7, 11) is 1.58. The predicted molar refractivity (Wildman–Crippen MR) is 55.3 cm³/mol. The largest absolute Gasteiger partial charge is 0.341 e. The first-order valence-corrected chi connectivity index (χ1v) is 4.19. The van der Waals surface area contributed by atoms with Crippen LogP contribution < -0.4 is 10.6 Å². The molecule has 0 aliphatic carbocycles. The minimum atomic E-state index is -0.210. The van der Waals surface area contributed by atoms with Crippen LogP contribution in [-0.4, -0.2) is 13.1 Å². The fourth-order valence-electron chi connectivity index (χ4n) is 0.674. The van der Waals surface area contributed by atoms with Crippen molar-refractivity contribution in [2.75, 3.05) is 7.05 Å². The summed E-state index contributed by atoms with van der Waals surface area (Å²) in [6.07, 6.45) is 9.34. The van der Waals surface area contributed by atoms with E-state index in [9.17, 15) is 4.79 Å². The Labute approximate surface area is 79.2 Å². The van der Waals surface area contributed by atoms with E-state index in [2.05, 4.69) is 10.6 Å². The molecule has 0 saturated heterocycles. The Morgan fingerprint density at radius 1 is 1.23 bits per heavy atom. The van der Waals surface area contributed by atoms with Gasteiger partial charge in [-0.05, 0) is 19.9 Å². The van der Waals surface area contributed by atoms with E-state index in [0.717, 1.165) is 5.70 Å². The van der Waals surface area contributed by atoms with Crippen molar-refractivity contribution in [2.45, 2.75) is 13.8 Å². The van der Waals surface area contributed by atoms with Gasteiger partial charge in [-0.2, -0.15) is 0 Å². The molecule has 0 spiro atoms. The Balaban J connectivity index is 4.13. The van der Waals surface area contributed by atoms with Crippen molar-refractivity contribution in [1.82, 2.24) is 10.6 Å². The van der Waals surface area contributed by atoms with Gasteiger partial charge >= 0.3 is 6.03 Å². The van der Waals surface area contributed by atoms with Crippen LogP contribution in [0.2, 0.25) is 0 Å². The highest BCUT2D eigenvalue weighted by atomic mass is 16.2. The number of carbonyl (C=O) groups excluding carboxylic acids is 1. The molecule has 0 aromatic heterocycles. The molecule has 72 valence electrons. The second kappa shape index (κ2) is 7.16. The molecule has 0 aromatic carbocycles. The van der Waals surface area contributed by atoms with Crippen molar-refractivity contribution < 1.29 is 4.79 Å². The molecular formula is C10H16N2O. The van der Waals surface area contributed by atoms with Crippen LogP contribution in [0.1, 0.15) is 13.8 Å². The van der Waals surface area contributed by atoms with Crippen LogP contribution >= 0.6 is 0 Å². The first-order chi connectivity index (χ1) is 6.24. The molecule has 0 aromatic rings. The molecule has 0 atom stereocenters. The minimum Gasteiger partial charge on any atom is -0.341 e. The third kappa shape index (κ3) is 5.73. The Hall–Kier alpha value is -1.51. The van der Waals surface area contributed by atoms with E-state index in [1.54, 1.807) is 7.05 Å². The topological polar surface area (TPSA) is 41.1 Å². The molecule has 0 unspecified atom stereocenters. The summed E-state index contributed by atoms with van der Waals surface area (Å²) in [4.78, 5) is 10.9. The molecule has 0 rings (SSSR count). The zero-order chi connectivity index (χ0) is 10.1. The zero-order valence-corrected chi connectivity index (χ0v) is 8.29. The summed E-state index contributed by atoms with van der Waals surface area (Å²) in [6.45, 7) is 3.80. The standard InChI is InChI=1S/C10H16N2O/c1-4-6-7-8-9(5-2)12-10(13)11-3/h4-8H,1-3H3,(H2,11,12,13)/b6-4-,8-7-,9-5+. The summed E-state index contributed by atoms with van der Waals surface area (Å²) < 4.78 is 0. The first-order valence-electron chi connectivity index (χ1n) is 4.19. The van der Waals surface area contributed by atoms with Crippen LogP contribution in [0.4, 0.5) is 4.79 Å². The molecule has 0 fully saturated rings. The SMILES string of the molecule is C\C=C/C=C\C(=C/C)NC(=O)NC. The van der Waals surface area contributed by atoms with Crippen molar-refractivity contribution in [1.29, 1.82) is 0 Å². The van der Waals surface area contributed by atoms with Crippen LogP contribution in [0.3, 0.4) is 0 Å². The Bertz CT molecular complexity index is 239. The molecule has 13 heavy (non-hydrogen) atoms. The summed E-state index contributed by atoms with van der Waals surface area (Å²) >= 11 is 0. The number of carbonyl (C=O) groups is 1. The van der Waals surface area contributed by atoms with Crippen LogP contribution in [0.5, 0.6) is 0 Å². The van der Waals surface area contributed by atoms with Gasteiger partial charge in [-0.3, -0.25) is 0 Å². The van der Waals surface area contributed by atoms with Gasteiger partial charge in [0.2, 0.25) is 0 Å². The van der Waals surface area contributed by atoms with Crippen molar-refractivity contribution in [3.8, 4) is 0 Å². The number of hydrogen-bond acceptors (Lipinski definition) is 1. The van der Waals surface area contributed by atoms with Gasteiger partial charge in [0, 0.05) is 12.7 Å². The maximum absolute atomic E-state index is 10.9. The molecule has 0 heterocycles. The highest BCUT2D eigenvalue weighted by Gasteiger charge is 1.95. The lowest BCUT2D eigenvalue weighted by Gasteiger charge is -2.03. The summed E-state index contributed by atoms with van der Waals surface area (Å²) in [5.74, 6) is 0. The van der Waals surface area contributed by atoms with E-state index >= 15 is 0 Å². The fraction of sp³-hybridized carbons (Fsp3) is 0.300. The van der Waals surface area contributed by atoms with Crippen LogP contribution in [0.25, 0.3) is 0 Å². The number of nitrogens with one attached hydrogen (secondary N) is 2. The molecule has 3 nitrogen and oxygen atoms in total. The fourth-order valence-corrected chi connectivity index (χ4v) is 0.674. The first kappa shape index (κ1) is 11.5. The second-order valence-corrected chi connectivity index (χ2v) is 2.33. The lowest BCUT2D eigenvalue weighted by atomic mass is 10.3. The van der Waals surface area contributed by atoms with Crippen LogP contribution in [0, 0.1) is 0 Å². The normalized spacial score (nSPS) is 12.4. The van der Waals surface area contributed by atoms with Crippen LogP contribution in [0.15, 0.2) is 36.1 Å². The average Bonchev–Trinajstić information content (AvgIpc) is 2.16. The van der Waals surface area contributed by atoms with Gasteiger partial charge in [0.15, 0.2) is 0 Å². The third-order valence-corrected chi connectivity index (χ3v) is 1.38. The monoisotopic (exact) mass is 180 g/mol. The van der Waals surface area contributed by atoms with E-state index < -0.39 is 0 Å². The summed E-state index contributed by atoms with van der Waals surface area (Å²) in [5, 5.41) is 5.14. The highest BCUT2D eigenvalue weighted by molar-refractivity contribution is 5.76. The van der Waals surface area contributed by atoms with Gasteiger partial charge in [0.1, 0.15) is 0 Å². The molecule has 0 aliphatic heterocycles. The van der Waals surface area contributed by atoms with Gasteiger partial charge in [-0.1, -0.05) is 24.3 Å². The predicted octanol–water partition coefficient (Wildman–Crippen LogP) is 1.95. The average molecular weight is 180 g/mol. The Morgan fingerprint density at radius 3 is 2.38 bits per heavy atom. The number of amides is 2. The molecule has 2 N–H and O–H groups in total. The Kier molecular flexibility index (Phi) is 6.32. The van der Waals surface area contributed by atoms with Crippen molar-refractivity contribution in [3.05, 3.63) is 36.1 Å². The quantitative estimate of drug-likeness (QED) is 0.640. The second-order valence-electron chi connectivity index (χ2n) is 2.33. The number of hydrogen-bond donors (Lipinski definition) is 2. The number of allylic oxidation sites excluding steroid dienone is 5. The highest BCUT2D eigenvalue weighted by Crippen LogP contribution is 1.91. The lowest BCUT2D eigenvalue weighted by molar-refractivity contribution is 0.245. The minimum absolute atomic E-state index is 0.210. The third-order valence-electron chi connectivity index (χ3n) is 1.38. The number of rotatable bonds is 3. The van der Waals surface area contributed by atoms with Gasteiger partial charge in [-0.15, -0.1) is 0 Å². The molecular weight excluding hydrogens is 164 g/mol. The van der Waals surface area contributed by atoms with Crippen molar-refractivity contribution in [3.63, 3.8) is 0 Å². The molecule has 0 saturated carbocycles. The molecule has 2 amide bonds. The van der Waals surface area contributed by atoms with Gasteiger partial charge in [-0.25, -0.2) is 4.79 Å². The maximum atomic E-state index is 10.9. The maximum Gasteiger partial charge on any atom is 0.318 e. The summed E-state index contributed by atoms with van der Waals surface area (Å²) in [5.41, 5.74) is 0.775. The van der Waals surface area contributed by atoms with E-state index in [0.29, 0.717) is 0 Å². The molecule has 0 aliphatic rings. The molecule has 3 heteroatoms. The van der Waals surface area contributed by atoms with Crippen molar-refractivity contribution >= 4 is 6.03 Å². The van der Waals surface area contributed by atoms with E-state index in [-0.39, 0.29) is 6.03 Å². The van der Waals surface area contributed by atoms with Gasteiger partial charge < -0.3 is 10.6 Å². The number of urea groups is 1. The van der Waals surface area contributed by atoms with E-state index in [1.165, 1.54) is 0 Å². The van der Waals surface area contributed by atoms with E-state index in [1.807, 2.05) is 44.2 Å². The van der Waals surface area contributed by atoms with Gasteiger partial charge in [0.05, 0.1) is 0 Å². The Morgan fingerprint density at radius 2 is 1.92 bits per heavy atom. The smallest absolute Gasteiger partial charge is 0.318 e. The lowest BCUT2D eigenvalue weighted by Crippen LogP contribution is -2.31. The van der Waals surface area contributed by atoms with Crippen LogP contribution in [-0.2, 0) is 0 Å². The van der Waals surface area contributed by atoms with E-state index in [4.69, 9.17) is 0 Å². The summed E-state index contributed by atoms with van der Waals surface area (Å²) in [6, 6.07) is -0.210. The van der Waals surface area contributed by atoms with Gasteiger partial charge in [0.25, 0.3) is 0 Å². The van der Waals surface area contributed by atoms with Crippen molar-refractivity contribution in [2.24, 2.45) is 0 Å². The molecule has 0 bridgehead atoms. The zero-order valence-electron chi connectivity index (χ0n) is 8.29. The molecule has 0 radical (unpaired) electrons.